The molecular formula is C16H20N2OS. The maximum Gasteiger partial charge on any atom is 0.241 e. The van der Waals surface area contributed by atoms with Crippen LogP contribution < -0.4 is 11.1 Å². The van der Waals surface area contributed by atoms with Crippen molar-refractivity contribution in [2.45, 2.75) is 32.4 Å². The molecule has 2 unspecified atom stereocenters. The Kier molecular flexibility index (Phi) is 4.93. The molecule has 2 aromatic rings. The van der Waals surface area contributed by atoms with E-state index in [-0.39, 0.29) is 11.9 Å². The minimum absolute atomic E-state index is 0.0812. The molecule has 20 heavy (non-hydrogen) atoms. The van der Waals surface area contributed by atoms with Gasteiger partial charge in [0.2, 0.25) is 5.91 Å². The van der Waals surface area contributed by atoms with Gasteiger partial charge in [-0.2, -0.15) is 0 Å². The van der Waals surface area contributed by atoms with Gasteiger partial charge in [-0.25, -0.2) is 0 Å². The molecular weight excluding hydrogens is 268 g/mol. The van der Waals surface area contributed by atoms with Gasteiger partial charge in [-0.05, 0) is 30.9 Å². The lowest BCUT2D eigenvalue weighted by molar-refractivity contribution is -0.123. The third-order valence-corrected chi connectivity index (χ3v) is 4.09. The molecule has 3 N–H and O–H groups in total. The van der Waals surface area contributed by atoms with Gasteiger partial charge in [-0.15, -0.1) is 11.3 Å². The van der Waals surface area contributed by atoms with Crippen molar-refractivity contribution in [1.29, 1.82) is 0 Å². The van der Waals surface area contributed by atoms with Gasteiger partial charge in [0, 0.05) is 17.3 Å². The minimum atomic E-state index is -0.610. The molecule has 0 radical (unpaired) electrons. The Labute approximate surface area is 123 Å². The van der Waals surface area contributed by atoms with Crippen LogP contribution in [0.5, 0.6) is 0 Å². The number of nitrogens with two attached hydrogens (primary N) is 1. The average Bonchev–Trinajstić information content (AvgIpc) is 2.91. The second-order valence-electron chi connectivity index (χ2n) is 5.08. The third kappa shape index (κ3) is 3.92. The van der Waals surface area contributed by atoms with Crippen molar-refractivity contribution in [2.24, 2.45) is 5.73 Å². The first-order valence-corrected chi connectivity index (χ1v) is 7.59. The van der Waals surface area contributed by atoms with Gasteiger partial charge in [0.1, 0.15) is 6.04 Å². The molecule has 0 saturated carbocycles. The van der Waals surface area contributed by atoms with E-state index >= 15 is 0 Å². The summed E-state index contributed by atoms with van der Waals surface area (Å²) in [4.78, 5) is 13.4. The second-order valence-corrected chi connectivity index (χ2v) is 6.11. The van der Waals surface area contributed by atoms with Crippen LogP contribution in [0.3, 0.4) is 0 Å². The van der Waals surface area contributed by atoms with Crippen LogP contribution in [0.1, 0.15) is 29.0 Å². The number of hydrogen-bond acceptors (Lipinski definition) is 3. The Hall–Kier alpha value is -1.65. The van der Waals surface area contributed by atoms with Crippen LogP contribution in [-0.2, 0) is 11.2 Å². The van der Waals surface area contributed by atoms with Crippen molar-refractivity contribution in [2.75, 3.05) is 0 Å². The van der Waals surface area contributed by atoms with Crippen molar-refractivity contribution in [3.63, 3.8) is 0 Å². The normalized spacial score (nSPS) is 13.8. The van der Waals surface area contributed by atoms with E-state index in [9.17, 15) is 4.79 Å². The van der Waals surface area contributed by atoms with Crippen LogP contribution in [0.15, 0.2) is 41.8 Å². The Morgan fingerprint density at radius 3 is 2.60 bits per heavy atom. The number of rotatable bonds is 5. The lowest BCUT2D eigenvalue weighted by atomic mass is 10.0. The SMILES string of the molecule is Cc1ccc(C(N)C(=O)NC(C)Cc2cccs2)cc1. The maximum atomic E-state index is 12.1. The Balaban J connectivity index is 1.92. The van der Waals surface area contributed by atoms with Gasteiger partial charge < -0.3 is 11.1 Å². The molecule has 2 rings (SSSR count). The number of amides is 1. The first kappa shape index (κ1) is 14.8. The topological polar surface area (TPSA) is 55.1 Å². The largest absolute Gasteiger partial charge is 0.352 e. The van der Waals surface area contributed by atoms with E-state index < -0.39 is 6.04 Å². The molecule has 0 aliphatic carbocycles. The van der Waals surface area contributed by atoms with E-state index in [4.69, 9.17) is 5.73 Å². The summed E-state index contributed by atoms with van der Waals surface area (Å²) in [6.07, 6.45) is 0.837. The highest BCUT2D eigenvalue weighted by Gasteiger charge is 2.17. The molecule has 0 aliphatic rings. The number of aryl methyl sites for hydroxylation is 1. The molecule has 106 valence electrons. The van der Waals surface area contributed by atoms with E-state index in [1.54, 1.807) is 11.3 Å². The summed E-state index contributed by atoms with van der Waals surface area (Å²) in [6, 6.07) is 11.3. The van der Waals surface area contributed by atoms with Crippen LogP contribution in [0.2, 0.25) is 0 Å². The third-order valence-electron chi connectivity index (χ3n) is 3.20. The summed E-state index contributed by atoms with van der Waals surface area (Å²) >= 11 is 1.70. The number of carbonyl (C=O) groups is 1. The number of carbonyl (C=O) groups excluding carboxylic acids is 1. The van der Waals surface area contributed by atoms with Gasteiger partial charge in [-0.3, -0.25) is 4.79 Å². The highest BCUT2D eigenvalue weighted by atomic mass is 32.1. The predicted octanol–water partition coefficient (Wildman–Crippen LogP) is 2.80. The summed E-state index contributed by atoms with van der Waals surface area (Å²) in [7, 11) is 0. The predicted molar refractivity (Wildman–Crippen MR) is 83.7 cm³/mol. The number of thiophene rings is 1. The van der Waals surface area contributed by atoms with E-state index in [1.165, 1.54) is 4.88 Å². The van der Waals surface area contributed by atoms with E-state index in [1.807, 2.05) is 49.6 Å². The van der Waals surface area contributed by atoms with E-state index in [0.717, 1.165) is 17.5 Å². The van der Waals surface area contributed by atoms with Crippen molar-refractivity contribution in [3.8, 4) is 0 Å². The highest BCUT2D eigenvalue weighted by molar-refractivity contribution is 7.09. The molecule has 0 aliphatic heterocycles. The average molecular weight is 288 g/mol. The maximum absolute atomic E-state index is 12.1. The van der Waals surface area contributed by atoms with Gasteiger partial charge in [-0.1, -0.05) is 35.9 Å². The lowest BCUT2D eigenvalue weighted by Gasteiger charge is -2.17. The molecule has 2 atom stereocenters. The monoisotopic (exact) mass is 288 g/mol. The van der Waals surface area contributed by atoms with Crippen molar-refractivity contribution < 1.29 is 4.79 Å². The molecule has 0 saturated heterocycles. The van der Waals surface area contributed by atoms with Gasteiger partial charge in [0.05, 0.1) is 0 Å². The first-order chi connectivity index (χ1) is 9.56. The van der Waals surface area contributed by atoms with Crippen molar-refractivity contribution >= 4 is 17.2 Å². The molecule has 4 heteroatoms. The van der Waals surface area contributed by atoms with Crippen LogP contribution in [0.4, 0.5) is 0 Å². The van der Waals surface area contributed by atoms with Gasteiger partial charge in [0.15, 0.2) is 0 Å². The number of hydrogen-bond donors (Lipinski definition) is 2. The molecule has 1 aromatic heterocycles. The standard InChI is InChI=1S/C16H20N2OS/c1-11-5-7-13(8-6-11)15(17)16(19)18-12(2)10-14-4-3-9-20-14/h3-9,12,15H,10,17H2,1-2H3,(H,18,19). The summed E-state index contributed by atoms with van der Waals surface area (Å²) in [5.41, 5.74) is 8.00. The van der Waals surface area contributed by atoms with Crippen molar-refractivity contribution in [3.05, 3.63) is 57.8 Å². The molecule has 0 fully saturated rings. The molecule has 1 aromatic carbocycles. The molecule has 1 heterocycles. The zero-order valence-electron chi connectivity index (χ0n) is 11.8. The lowest BCUT2D eigenvalue weighted by Crippen LogP contribution is -2.40. The van der Waals surface area contributed by atoms with Crippen LogP contribution in [0, 0.1) is 6.92 Å². The fourth-order valence-electron chi connectivity index (χ4n) is 2.04. The quantitative estimate of drug-likeness (QED) is 0.889. The van der Waals surface area contributed by atoms with Crippen molar-refractivity contribution in [1.82, 2.24) is 5.32 Å². The Morgan fingerprint density at radius 2 is 2.00 bits per heavy atom. The summed E-state index contributed by atoms with van der Waals surface area (Å²) < 4.78 is 0. The van der Waals surface area contributed by atoms with Crippen LogP contribution in [0.25, 0.3) is 0 Å². The smallest absolute Gasteiger partial charge is 0.241 e. The fraction of sp³-hybridized carbons (Fsp3) is 0.312. The summed E-state index contributed by atoms with van der Waals surface area (Å²) in [6.45, 7) is 4.01. The zero-order chi connectivity index (χ0) is 14.5. The number of benzene rings is 1. The van der Waals surface area contributed by atoms with Crippen LogP contribution in [-0.4, -0.2) is 11.9 Å². The van der Waals surface area contributed by atoms with E-state index in [0.29, 0.717) is 0 Å². The van der Waals surface area contributed by atoms with Crippen LogP contribution >= 0.6 is 11.3 Å². The molecule has 3 nitrogen and oxygen atoms in total. The molecule has 0 bridgehead atoms. The fourth-order valence-corrected chi connectivity index (χ4v) is 2.87. The summed E-state index contributed by atoms with van der Waals surface area (Å²) in [5.74, 6) is -0.127. The molecule has 1 amide bonds. The Morgan fingerprint density at radius 1 is 1.30 bits per heavy atom. The summed E-state index contributed by atoms with van der Waals surface area (Å²) in [5, 5.41) is 5.02. The van der Waals surface area contributed by atoms with Gasteiger partial charge >= 0.3 is 0 Å². The highest BCUT2D eigenvalue weighted by Crippen LogP contribution is 2.14. The second kappa shape index (κ2) is 6.68. The van der Waals surface area contributed by atoms with E-state index in [2.05, 4.69) is 11.4 Å². The minimum Gasteiger partial charge on any atom is -0.352 e. The molecule has 0 spiro atoms. The zero-order valence-corrected chi connectivity index (χ0v) is 12.6. The number of nitrogens with one attached hydrogen (secondary N) is 1. The van der Waals surface area contributed by atoms with Gasteiger partial charge in [0.25, 0.3) is 0 Å². The Bertz CT molecular complexity index is 548. The first-order valence-electron chi connectivity index (χ1n) is 6.71.